The second-order valence-corrected chi connectivity index (χ2v) is 5.90. The van der Waals surface area contributed by atoms with Crippen molar-refractivity contribution in [2.45, 2.75) is 13.3 Å². The molecule has 0 fully saturated rings. The summed E-state index contributed by atoms with van der Waals surface area (Å²) in [6.45, 7) is 2.81. The molecule has 0 unspecified atom stereocenters. The van der Waals surface area contributed by atoms with Gasteiger partial charge in [-0.2, -0.15) is 4.52 Å². The zero-order valence-corrected chi connectivity index (χ0v) is 13.9. The highest BCUT2D eigenvalue weighted by Crippen LogP contribution is 2.16. The number of hydrogen-bond donors (Lipinski definition) is 1. The second-order valence-electron chi connectivity index (χ2n) is 5.90. The van der Waals surface area contributed by atoms with Crippen LogP contribution in [-0.4, -0.2) is 31.3 Å². The molecular weight excluding hydrogens is 312 g/mol. The summed E-state index contributed by atoms with van der Waals surface area (Å²) >= 11 is 0. The van der Waals surface area contributed by atoms with Crippen LogP contribution in [-0.2, 0) is 6.42 Å². The molecule has 0 bridgehead atoms. The molecule has 6 nitrogen and oxygen atoms in total. The van der Waals surface area contributed by atoms with Crippen molar-refractivity contribution in [2.75, 3.05) is 11.9 Å². The number of anilines is 1. The van der Waals surface area contributed by atoms with Gasteiger partial charge in [0, 0.05) is 12.7 Å². The Morgan fingerprint density at radius 1 is 0.960 bits per heavy atom. The highest BCUT2D eigenvalue weighted by Gasteiger charge is 2.11. The molecule has 0 spiro atoms. The minimum atomic E-state index is 0.640. The van der Waals surface area contributed by atoms with E-state index in [1.807, 2.05) is 43.5 Å². The van der Waals surface area contributed by atoms with E-state index in [0.29, 0.717) is 11.5 Å². The smallest absolute Gasteiger partial charge is 0.203 e. The predicted octanol–water partition coefficient (Wildman–Crippen LogP) is 3.15. The van der Waals surface area contributed by atoms with Crippen LogP contribution in [0, 0.1) is 6.92 Å². The van der Waals surface area contributed by atoms with Crippen molar-refractivity contribution in [1.29, 1.82) is 0 Å². The summed E-state index contributed by atoms with van der Waals surface area (Å²) in [7, 11) is 0. The van der Waals surface area contributed by atoms with Gasteiger partial charge in [0.05, 0.1) is 0 Å². The third-order valence-corrected chi connectivity index (χ3v) is 3.97. The van der Waals surface area contributed by atoms with Crippen LogP contribution in [0.5, 0.6) is 0 Å². The normalized spacial score (nSPS) is 10.9. The number of hydrogen-bond acceptors (Lipinski definition) is 5. The molecule has 1 N–H and O–H groups in total. The van der Waals surface area contributed by atoms with Gasteiger partial charge in [0.2, 0.25) is 5.82 Å². The van der Waals surface area contributed by atoms with Gasteiger partial charge in [-0.25, -0.2) is 0 Å². The molecular formula is C19H18N6. The first kappa shape index (κ1) is 15.3. The van der Waals surface area contributed by atoms with Crippen molar-refractivity contribution in [3.05, 3.63) is 71.9 Å². The van der Waals surface area contributed by atoms with Crippen molar-refractivity contribution >= 4 is 11.5 Å². The van der Waals surface area contributed by atoms with Crippen molar-refractivity contribution in [3.8, 4) is 11.5 Å². The minimum Gasteiger partial charge on any atom is -0.368 e. The fraction of sp³-hybridized carbons (Fsp3) is 0.158. The van der Waals surface area contributed by atoms with Crippen molar-refractivity contribution in [1.82, 2.24) is 24.8 Å². The van der Waals surface area contributed by atoms with Crippen LogP contribution in [0.15, 0.2) is 60.8 Å². The lowest BCUT2D eigenvalue weighted by Gasteiger charge is -2.06. The molecule has 0 saturated carbocycles. The summed E-state index contributed by atoms with van der Waals surface area (Å²) in [4.78, 5) is 4.42. The van der Waals surface area contributed by atoms with Crippen LogP contribution in [0.3, 0.4) is 0 Å². The number of aryl methyl sites for hydroxylation is 1. The number of benzene rings is 1. The number of aromatic nitrogens is 5. The molecule has 0 radical (unpaired) electrons. The summed E-state index contributed by atoms with van der Waals surface area (Å²) in [6, 6.07) is 18.1. The first-order valence-electron chi connectivity index (χ1n) is 8.23. The van der Waals surface area contributed by atoms with E-state index in [1.165, 1.54) is 5.56 Å². The Morgan fingerprint density at radius 3 is 2.64 bits per heavy atom. The molecule has 4 rings (SSSR count). The monoisotopic (exact) mass is 330 g/mol. The van der Waals surface area contributed by atoms with E-state index >= 15 is 0 Å². The molecule has 4 aromatic rings. The SMILES string of the molecule is Cc1ccc(-c2nnc3ccc(NCCc4ccccc4)nn23)nc1. The van der Waals surface area contributed by atoms with Gasteiger partial charge in [-0.05, 0) is 42.7 Å². The molecule has 6 heteroatoms. The fourth-order valence-corrected chi connectivity index (χ4v) is 2.62. The van der Waals surface area contributed by atoms with Gasteiger partial charge in [-0.1, -0.05) is 36.4 Å². The number of rotatable bonds is 5. The van der Waals surface area contributed by atoms with E-state index in [4.69, 9.17) is 0 Å². The third kappa shape index (κ3) is 3.33. The van der Waals surface area contributed by atoms with Gasteiger partial charge in [-0.3, -0.25) is 4.98 Å². The van der Waals surface area contributed by atoms with E-state index < -0.39 is 0 Å². The molecule has 1 aromatic carbocycles. The lowest BCUT2D eigenvalue weighted by atomic mass is 10.1. The molecule has 3 aromatic heterocycles. The Balaban J connectivity index is 1.55. The van der Waals surface area contributed by atoms with Crippen LogP contribution in [0.4, 0.5) is 5.82 Å². The van der Waals surface area contributed by atoms with E-state index in [2.05, 4.69) is 49.9 Å². The summed E-state index contributed by atoms with van der Waals surface area (Å²) in [5.41, 5.74) is 3.86. The number of nitrogens with one attached hydrogen (secondary N) is 1. The predicted molar refractivity (Wildman–Crippen MR) is 97.4 cm³/mol. The number of fused-ring (bicyclic) bond motifs is 1. The molecule has 0 atom stereocenters. The highest BCUT2D eigenvalue weighted by atomic mass is 15.4. The average Bonchev–Trinajstić information content (AvgIpc) is 3.07. The maximum absolute atomic E-state index is 4.61. The molecule has 0 aliphatic heterocycles. The Labute approximate surface area is 145 Å². The largest absolute Gasteiger partial charge is 0.368 e. The quantitative estimate of drug-likeness (QED) is 0.609. The van der Waals surface area contributed by atoms with Crippen LogP contribution in [0.2, 0.25) is 0 Å². The Kier molecular flexibility index (Phi) is 4.08. The standard InChI is InChI=1S/C19H18N6/c1-14-7-8-16(21-13-14)19-23-22-18-10-9-17(24-25(18)19)20-12-11-15-5-3-2-4-6-15/h2-10,13H,11-12H2,1H3,(H,20,24). The highest BCUT2D eigenvalue weighted by molar-refractivity contribution is 5.55. The summed E-state index contributed by atoms with van der Waals surface area (Å²) in [5.74, 6) is 1.43. The Bertz CT molecular complexity index is 976. The van der Waals surface area contributed by atoms with Crippen molar-refractivity contribution < 1.29 is 0 Å². The Morgan fingerprint density at radius 2 is 1.84 bits per heavy atom. The van der Waals surface area contributed by atoms with Crippen molar-refractivity contribution in [3.63, 3.8) is 0 Å². The lowest BCUT2D eigenvalue weighted by Crippen LogP contribution is -2.08. The molecule has 0 aliphatic carbocycles. The second kappa shape index (κ2) is 6.68. The summed E-state index contributed by atoms with van der Waals surface area (Å²) < 4.78 is 1.72. The van der Waals surface area contributed by atoms with Gasteiger partial charge in [0.1, 0.15) is 11.5 Å². The number of nitrogens with zero attached hydrogens (tertiary/aromatic N) is 5. The average molecular weight is 330 g/mol. The summed E-state index contributed by atoms with van der Waals surface area (Å²) in [6.07, 6.45) is 2.76. The van der Waals surface area contributed by atoms with Gasteiger partial charge in [0.15, 0.2) is 5.65 Å². The fourth-order valence-electron chi connectivity index (χ4n) is 2.62. The van der Waals surface area contributed by atoms with Gasteiger partial charge >= 0.3 is 0 Å². The van der Waals surface area contributed by atoms with Crippen LogP contribution < -0.4 is 5.32 Å². The number of pyridine rings is 1. The van der Waals surface area contributed by atoms with E-state index in [-0.39, 0.29) is 0 Å². The third-order valence-electron chi connectivity index (χ3n) is 3.97. The van der Waals surface area contributed by atoms with Crippen molar-refractivity contribution in [2.24, 2.45) is 0 Å². The minimum absolute atomic E-state index is 0.640. The van der Waals surface area contributed by atoms with Gasteiger partial charge in [0.25, 0.3) is 0 Å². The maximum atomic E-state index is 4.61. The molecule has 124 valence electrons. The zero-order valence-electron chi connectivity index (χ0n) is 13.9. The van der Waals surface area contributed by atoms with Crippen LogP contribution in [0.1, 0.15) is 11.1 Å². The van der Waals surface area contributed by atoms with E-state index in [1.54, 1.807) is 4.52 Å². The summed E-state index contributed by atoms with van der Waals surface area (Å²) in [5, 5.41) is 16.4. The molecule has 3 heterocycles. The maximum Gasteiger partial charge on any atom is 0.203 e. The van der Waals surface area contributed by atoms with Crippen LogP contribution in [0.25, 0.3) is 17.2 Å². The van der Waals surface area contributed by atoms with Gasteiger partial charge < -0.3 is 5.32 Å². The molecule has 0 aliphatic rings. The van der Waals surface area contributed by atoms with E-state index in [9.17, 15) is 0 Å². The first-order valence-corrected chi connectivity index (χ1v) is 8.23. The van der Waals surface area contributed by atoms with Gasteiger partial charge in [-0.15, -0.1) is 15.3 Å². The first-order chi connectivity index (χ1) is 12.3. The molecule has 0 amide bonds. The topological polar surface area (TPSA) is 68.0 Å². The molecule has 25 heavy (non-hydrogen) atoms. The lowest BCUT2D eigenvalue weighted by molar-refractivity contribution is 0.911. The van der Waals surface area contributed by atoms with E-state index in [0.717, 1.165) is 30.0 Å². The molecule has 0 saturated heterocycles. The Hall–Kier alpha value is -3.28. The van der Waals surface area contributed by atoms with Crippen LogP contribution >= 0.6 is 0 Å². The zero-order chi connectivity index (χ0) is 17.1.